The van der Waals surface area contributed by atoms with Crippen LogP contribution >= 0.6 is 0 Å². The molecule has 128 valence electrons. The van der Waals surface area contributed by atoms with E-state index in [0.717, 1.165) is 18.5 Å². The van der Waals surface area contributed by atoms with Crippen molar-refractivity contribution in [3.05, 3.63) is 76.5 Å². The Morgan fingerprint density at radius 1 is 1.08 bits per heavy atom. The molecule has 6 heteroatoms. The molecule has 1 heterocycles. The van der Waals surface area contributed by atoms with Crippen LogP contribution in [0.1, 0.15) is 12.0 Å². The number of hydrogen-bond donors (Lipinski definition) is 1. The van der Waals surface area contributed by atoms with E-state index in [0.29, 0.717) is 6.54 Å². The average Bonchev–Trinajstić information content (AvgIpc) is 3.02. The van der Waals surface area contributed by atoms with Crippen LogP contribution in [0.15, 0.2) is 60.8 Å². The Labute approximate surface area is 145 Å². The average molecular weight is 337 g/mol. The number of nitro groups is 1. The molecule has 0 aliphatic rings. The topological polar surface area (TPSA) is 77.2 Å². The zero-order chi connectivity index (χ0) is 17.6. The fraction of sp³-hybridized carbons (Fsp3) is 0.211. The normalized spacial score (nSPS) is 10.7. The second-order valence-corrected chi connectivity index (χ2v) is 5.87. The van der Waals surface area contributed by atoms with Crippen LogP contribution in [0.4, 0.5) is 5.69 Å². The van der Waals surface area contributed by atoms with E-state index in [1.54, 1.807) is 12.1 Å². The Bertz CT molecular complexity index is 884. The maximum Gasteiger partial charge on any atom is 0.269 e. The smallest absolute Gasteiger partial charge is 0.269 e. The summed E-state index contributed by atoms with van der Waals surface area (Å²) in [6, 6.07) is 16.4. The first-order chi connectivity index (χ1) is 12.1. The molecule has 0 radical (unpaired) electrons. The number of amides is 1. The van der Waals surface area contributed by atoms with E-state index < -0.39 is 4.92 Å². The number of benzene rings is 2. The van der Waals surface area contributed by atoms with Crippen molar-refractivity contribution < 1.29 is 9.72 Å². The third-order valence-corrected chi connectivity index (χ3v) is 4.09. The van der Waals surface area contributed by atoms with Crippen LogP contribution in [0.3, 0.4) is 0 Å². The summed E-state index contributed by atoms with van der Waals surface area (Å²) in [5.41, 5.74) is 1.99. The van der Waals surface area contributed by atoms with Gasteiger partial charge in [-0.15, -0.1) is 0 Å². The fourth-order valence-electron chi connectivity index (χ4n) is 2.80. The van der Waals surface area contributed by atoms with Gasteiger partial charge in [0.15, 0.2) is 0 Å². The summed E-state index contributed by atoms with van der Waals surface area (Å²) >= 11 is 0. The van der Waals surface area contributed by atoms with Crippen molar-refractivity contribution in [3.63, 3.8) is 0 Å². The number of hydrogen-bond acceptors (Lipinski definition) is 3. The van der Waals surface area contributed by atoms with Gasteiger partial charge in [-0.3, -0.25) is 14.9 Å². The van der Waals surface area contributed by atoms with E-state index in [1.807, 2.05) is 12.1 Å². The molecule has 25 heavy (non-hydrogen) atoms. The zero-order valence-electron chi connectivity index (χ0n) is 13.7. The van der Waals surface area contributed by atoms with Crippen molar-refractivity contribution in [3.8, 4) is 0 Å². The molecule has 6 nitrogen and oxygen atoms in total. The Kier molecular flexibility index (Phi) is 5.09. The van der Waals surface area contributed by atoms with Crippen LogP contribution < -0.4 is 5.32 Å². The lowest BCUT2D eigenvalue weighted by Gasteiger charge is -2.07. The van der Waals surface area contributed by atoms with Crippen LogP contribution in [-0.2, 0) is 17.8 Å². The van der Waals surface area contributed by atoms with Crippen LogP contribution in [0, 0.1) is 10.1 Å². The van der Waals surface area contributed by atoms with Gasteiger partial charge in [0, 0.05) is 36.9 Å². The van der Waals surface area contributed by atoms with Gasteiger partial charge in [-0.1, -0.05) is 30.3 Å². The molecule has 0 saturated heterocycles. The predicted octanol–water partition coefficient (Wildman–Crippen LogP) is 3.30. The van der Waals surface area contributed by atoms with Crippen molar-refractivity contribution in [1.29, 1.82) is 0 Å². The lowest BCUT2D eigenvalue weighted by Crippen LogP contribution is -2.26. The number of rotatable bonds is 7. The lowest BCUT2D eigenvalue weighted by atomic mass is 10.1. The second kappa shape index (κ2) is 7.61. The van der Waals surface area contributed by atoms with Gasteiger partial charge in [0.2, 0.25) is 5.91 Å². The van der Waals surface area contributed by atoms with E-state index in [9.17, 15) is 14.9 Å². The lowest BCUT2D eigenvalue weighted by molar-refractivity contribution is -0.384. The monoisotopic (exact) mass is 337 g/mol. The number of carbonyl (C=O) groups is 1. The molecule has 3 aromatic rings. The fourth-order valence-corrected chi connectivity index (χ4v) is 2.80. The highest BCUT2D eigenvalue weighted by Gasteiger charge is 2.07. The molecule has 0 aliphatic heterocycles. The Balaban J connectivity index is 1.44. The Morgan fingerprint density at radius 3 is 2.60 bits per heavy atom. The second-order valence-electron chi connectivity index (χ2n) is 5.87. The van der Waals surface area contributed by atoms with Crippen LogP contribution in [0.2, 0.25) is 0 Å². The number of nitro benzene ring substituents is 1. The quantitative estimate of drug-likeness (QED) is 0.408. The number of fused-ring (bicyclic) bond motifs is 1. The van der Waals surface area contributed by atoms with Crippen molar-refractivity contribution in [2.24, 2.45) is 0 Å². The summed E-state index contributed by atoms with van der Waals surface area (Å²) < 4.78 is 2.18. The summed E-state index contributed by atoms with van der Waals surface area (Å²) in [6.07, 6.45) is 3.12. The minimum atomic E-state index is -0.450. The van der Waals surface area contributed by atoms with E-state index in [2.05, 4.69) is 34.3 Å². The largest absolute Gasteiger partial charge is 0.356 e. The third-order valence-electron chi connectivity index (χ3n) is 4.09. The molecular formula is C19H19N3O3. The molecule has 1 aromatic heterocycles. The molecule has 0 spiro atoms. The van der Waals surface area contributed by atoms with Gasteiger partial charge in [-0.05, 0) is 29.5 Å². The molecule has 2 aromatic carbocycles. The van der Waals surface area contributed by atoms with E-state index in [-0.39, 0.29) is 18.0 Å². The van der Waals surface area contributed by atoms with Crippen molar-refractivity contribution >= 4 is 22.5 Å². The molecular weight excluding hydrogens is 318 g/mol. The van der Waals surface area contributed by atoms with Gasteiger partial charge < -0.3 is 9.88 Å². The summed E-state index contributed by atoms with van der Waals surface area (Å²) in [6.45, 7) is 1.43. The van der Waals surface area contributed by atoms with Gasteiger partial charge in [0.25, 0.3) is 5.69 Å². The minimum Gasteiger partial charge on any atom is -0.356 e. The van der Waals surface area contributed by atoms with Gasteiger partial charge in [-0.25, -0.2) is 0 Å². The maximum atomic E-state index is 12.0. The summed E-state index contributed by atoms with van der Waals surface area (Å²) in [5.74, 6) is -0.0776. The first-order valence-electron chi connectivity index (χ1n) is 8.17. The number of carbonyl (C=O) groups excluding carboxylic acids is 1. The summed E-state index contributed by atoms with van der Waals surface area (Å²) in [4.78, 5) is 22.1. The molecule has 0 bridgehead atoms. The van der Waals surface area contributed by atoms with E-state index in [4.69, 9.17) is 0 Å². The van der Waals surface area contributed by atoms with E-state index >= 15 is 0 Å². The van der Waals surface area contributed by atoms with Gasteiger partial charge >= 0.3 is 0 Å². The SMILES string of the molecule is O=C(Cc1ccc([N+](=O)[O-])cc1)NCCCn1ccc2ccccc21. The number of non-ortho nitro benzene ring substituents is 1. The molecule has 1 amide bonds. The van der Waals surface area contributed by atoms with Crippen molar-refractivity contribution in [1.82, 2.24) is 9.88 Å². The molecule has 0 saturated carbocycles. The molecule has 0 unspecified atom stereocenters. The standard InChI is InChI=1S/C19H19N3O3/c23-19(14-15-6-8-17(9-7-15)22(24)25)20-11-3-12-21-13-10-16-4-1-2-5-18(16)21/h1-2,4-10,13H,3,11-12,14H2,(H,20,23). The first kappa shape index (κ1) is 16.7. The first-order valence-corrected chi connectivity index (χ1v) is 8.17. The number of nitrogens with one attached hydrogen (secondary N) is 1. The highest BCUT2D eigenvalue weighted by molar-refractivity contribution is 5.80. The highest BCUT2D eigenvalue weighted by Crippen LogP contribution is 2.15. The van der Waals surface area contributed by atoms with Crippen LogP contribution in [0.5, 0.6) is 0 Å². The Morgan fingerprint density at radius 2 is 1.84 bits per heavy atom. The van der Waals surface area contributed by atoms with Gasteiger partial charge in [-0.2, -0.15) is 0 Å². The zero-order valence-corrected chi connectivity index (χ0v) is 13.7. The van der Waals surface area contributed by atoms with Crippen LogP contribution in [-0.4, -0.2) is 21.9 Å². The molecule has 0 fully saturated rings. The summed E-state index contributed by atoms with van der Waals surface area (Å²) in [5, 5.41) is 14.7. The number of aromatic nitrogens is 1. The highest BCUT2D eigenvalue weighted by atomic mass is 16.6. The minimum absolute atomic E-state index is 0.0307. The predicted molar refractivity (Wildman–Crippen MR) is 96.4 cm³/mol. The number of para-hydroxylation sites is 1. The Hall–Kier alpha value is -3.15. The molecule has 3 rings (SSSR count). The molecule has 1 N–H and O–H groups in total. The number of nitrogens with zero attached hydrogens (tertiary/aromatic N) is 2. The summed E-state index contributed by atoms with van der Waals surface area (Å²) in [7, 11) is 0. The maximum absolute atomic E-state index is 12.0. The van der Waals surface area contributed by atoms with Gasteiger partial charge in [0.05, 0.1) is 11.3 Å². The third kappa shape index (κ3) is 4.23. The molecule has 0 atom stereocenters. The van der Waals surface area contributed by atoms with Crippen molar-refractivity contribution in [2.75, 3.05) is 6.54 Å². The molecule has 0 aliphatic carbocycles. The number of aryl methyl sites for hydroxylation is 1. The van der Waals surface area contributed by atoms with Crippen LogP contribution in [0.25, 0.3) is 10.9 Å². The van der Waals surface area contributed by atoms with E-state index in [1.165, 1.54) is 23.0 Å². The van der Waals surface area contributed by atoms with Crippen molar-refractivity contribution in [2.45, 2.75) is 19.4 Å². The van der Waals surface area contributed by atoms with Gasteiger partial charge in [0.1, 0.15) is 0 Å².